The quantitative estimate of drug-likeness (QED) is 0.391. The second-order valence-corrected chi connectivity index (χ2v) is 6.52. The minimum absolute atomic E-state index is 0.0270. The highest BCUT2D eigenvalue weighted by Gasteiger charge is 2.25. The van der Waals surface area contributed by atoms with Gasteiger partial charge in [-0.2, -0.15) is 9.78 Å². The maximum Gasteiger partial charge on any atom is 0.293 e. The van der Waals surface area contributed by atoms with Crippen LogP contribution in [-0.2, 0) is 0 Å². The Morgan fingerprint density at radius 2 is 1.87 bits per heavy atom. The Balaban J connectivity index is 1.84. The van der Waals surface area contributed by atoms with Gasteiger partial charge in [0, 0.05) is 5.56 Å². The second-order valence-electron chi connectivity index (χ2n) is 6.52. The largest absolute Gasteiger partial charge is 0.493 e. The predicted molar refractivity (Wildman–Crippen MR) is 109 cm³/mol. The van der Waals surface area contributed by atoms with Crippen molar-refractivity contribution in [2.75, 3.05) is 27.1 Å². The zero-order valence-electron chi connectivity index (χ0n) is 17.6. The van der Waals surface area contributed by atoms with Gasteiger partial charge in [-0.3, -0.25) is 4.79 Å². The van der Waals surface area contributed by atoms with E-state index in [0.717, 1.165) is 0 Å². The van der Waals surface area contributed by atoms with Crippen molar-refractivity contribution in [3.63, 3.8) is 0 Å². The van der Waals surface area contributed by atoms with Crippen molar-refractivity contribution in [1.82, 2.24) is 30.7 Å². The van der Waals surface area contributed by atoms with Gasteiger partial charge >= 0.3 is 0 Å². The van der Waals surface area contributed by atoms with Crippen molar-refractivity contribution >= 4 is 17.9 Å². The fraction of sp³-hybridized carbons (Fsp3) is 0.333. The molecule has 3 aromatic rings. The summed E-state index contributed by atoms with van der Waals surface area (Å²) in [7, 11) is 4.53. The van der Waals surface area contributed by atoms with Crippen molar-refractivity contribution in [3.8, 4) is 23.1 Å². The average Bonchev–Trinajstić information content (AvgIpc) is 3.38. The van der Waals surface area contributed by atoms with Gasteiger partial charge in [-0.25, -0.2) is 10.1 Å². The van der Waals surface area contributed by atoms with Crippen LogP contribution >= 0.6 is 0 Å². The number of nitrogen functional groups attached to an aromatic ring is 1. The Hall–Kier alpha value is -4.16. The maximum atomic E-state index is 12.7. The van der Waals surface area contributed by atoms with E-state index >= 15 is 0 Å². The summed E-state index contributed by atoms with van der Waals surface area (Å²) < 4.78 is 21.8. The lowest BCUT2D eigenvalue weighted by molar-refractivity contribution is 0.0948. The number of nitrogens with one attached hydrogen (secondary N) is 1. The van der Waals surface area contributed by atoms with Gasteiger partial charge in [0.25, 0.3) is 5.91 Å². The summed E-state index contributed by atoms with van der Waals surface area (Å²) in [5.41, 5.74) is 9.32. The number of rotatable bonds is 8. The molecular weight excluding hydrogens is 408 g/mol. The summed E-state index contributed by atoms with van der Waals surface area (Å²) in [6.45, 7) is 3.74. The fourth-order valence-electron chi connectivity index (χ4n) is 2.86. The molecule has 0 aliphatic carbocycles. The van der Waals surface area contributed by atoms with E-state index in [9.17, 15) is 4.79 Å². The summed E-state index contributed by atoms with van der Waals surface area (Å²) in [6.07, 6.45) is 1.43. The highest BCUT2D eigenvalue weighted by molar-refractivity contribution is 5.94. The lowest BCUT2D eigenvalue weighted by atomic mass is 10.1. The third kappa shape index (κ3) is 4.24. The summed E-state index contributed by atoms with van der Waals surface area (Å²) in [5, 5.41) is 19.1. The molecule has 1 aromatic carbocycles. The van der Waals surface area contributed by atoms with Crippen LogP contribution in [0.5, 0.6) is 17.2 Å². The Morgan fingerprint density at radius 3 is 2.39 bits per heavy atom. The van der Waals surface area contributed by atoms with Crippen LogP contribution in [0.15, 0.2) is 21.9 Å². The fourth-order valence-corrected chi connectivity index (χ4v) is 2.86. The van der Waals surface area contributed by atoms with Crippen LogP contribution in [0.4, 0.5) is 5.82 Å². The molecule has 0 saturated heterocycles. The molecule has 0 bridgehead atoms. The molecular formula is C18H22N8O5. The number of benzene rings is 1. The van der Waals surface area contributed by atoms with Crippen molar-refractivity contribution in [3.05, 3.63) is 29.1 Å². The molecule has 0 aliphatic heterocycles. The monoisotopic (exact) mass is 430 g/mol. The molecule has 31 heavy (non-hydrogen) atoms. The van der Waals surface area contributed by atoms with Gasteiger partial charge in [0.2, 0.25) is 17.4 Å². The standard InChI is InChI=1S/C18H22N8O5/c1-9(2)14-13(21-25-26(14)17-16(19)23-31-24-17)18(27)22-20-8-10-6-11(28-3)15(30-5)12(7-10)29-4/h6-9H,1-5H3,(H2,19,23)(H,22,27)/b20-8-. The SMILES string of the molecule is COc1cc(/C=N\NC(=O)c2nnn(-c3nonc3N)c2C(C)C)cc(OC)c1OC. The van der Waals surface area contributed by atoms with E-state index in [2.05, 4.69) is 35.8 Å². The molecule has 0 atom stereocenters. The topological polar surface area (TPSA) is 165 Å². The van der Waals surface area contributed by atoms with Crippen molar-refractivity contribution in [1.29, 1.82) is 0 Å². The lowest BCUT2D eigenvalue weighted by Crippen LogP contribution is -2.21. The Labute approximate surface area is 177 Å². The highest BCUT2D eigenvalue weighted by atomic mass is 16.6. The number of carbonyl (C=O) groups is 1. The number of aromatic nitrogens is 5. The van der Waals surface area contributed by atoms with Gasteiger partial charge in [-0.15, -0.1) is 5.10 Å². The lowest BCUT2D eigenvalue weighted by Gasteiger charge is -2.12. The number of hydrazone groups is 1. The van der Waals surface area contributed by atoms with Crippen molar-refractivity contribution in [2.45, 2.75) is 19.8 Å². The molecule has 2 heterocycles. The van der Waals surface area contributed by atoms with Crippen LogP contribution in [0.2, 0.25) is 0 Å². The molecule has 0 saturated carbocycles. The summed E-state index contributed by atoms with van der Waals surface area (Å²) in [5.74, 6) is 0.845. The Morgan fingerprint density at radius 1 is 1.19 bits per heavy atom. The third-order valence-corrected chi connectivity index (χ3v) is 4.23. The van der Waals surface area contributed by atoms with Gasteiger partial charge in [-0.05, 0) is 28.4 Å². The zero-order valence-corrected chi connectivity index (χ0v) is 17.6. The van der Waals surface area contributed by atoms with Crippen LogP contribution in [0.1, 0.15) is 41.5 Å². The van der Waals surface area contributed by atoms with Gasteiger partial charge in [0.1, 0.15) is 0 Å². The van der Waals surface area contributed by atoms with Crippen LogP contribution in [0.3, 0.4) is 0 Å². The number of methoxy groups -OCH3 is 3. The normalized spacial score (nSPS) is 11.2. The number of hydrogen-bond acceptors (Lipinski definition) is 11. The summed E-state index contributed by atoms with van der Waals surface area (Å²) >= 11 is 0. The first-order chi connectivity index (χ1) is 14.9. The molecule has 164 valence electrons. The second kappa shape index (κ2) is 9.11. The molecule has 2 aromatic heterocycles. The van der Waals surface area contributed by atoms with Gasteiger partial charge < -0.3 is 19.9 Å². The highest BCUT2D eigenvalue weighted by Crippen LogP contribution is 2.37. The molecule has 0 aliphatic rings. The van der Waals surface area contributed by atoms with Gasteiger partial charge in [-0.1, -0.05) is 19.1 Å². The number of anilines is 1. The first-order valence-corrected chi connectivity index (χ1v) is 9.08. The molecule has 13 heteroatoms. The van der Waals surface area contributed by atoms with Crippen LogP contribution < -0.4 is 25.4 Å². The number of hydrogen-bond donors (Lipinski definition) is 2. The van der Waals surface area contributed by atoms with Crippen LogP contribution in [-0.4, -0.2) is 58.8 Å². The van der Waals surface area contributed by atoms with E-state index in [1.54, 1.807) is 12.1 Å². The smallest absolute Gasteiger partial charge is 0.293 e. The van der Waals surface area contributed by atoms with Crippen LogP contribution in [0.25, 0.3) is 5.82 Å². The number of nitrogens with two attached hydrogens (primary N) is 1. The Bertz CT molecular complexity index is 1080. The van der Waals surface area contributed by atoms with Crippen LogP contribution in [0, 0.1) is 0 Å². The predicted octanol–water partition coefficient (Wildman–Crippen LogP) is 1.15. The summed E-state index contributed by atoms with van der Waals surface area (Å²) in [4.78, 5) is 12.7. The maximum absolute atomic E-state index is 12.7. The Kier molecular flexibility index (Phi) is 6.33. The minimum atomic E-state index is -0.561. The molecule has 13 nitrogen and oxygen atoms in total. The molecule has 0 fully saturated rings. The van der Waals surface area contributed by atoms with E-state index in [1.807, 2.05) is 13.8 Å². The van der Waals surface area contributed by atoms with Gasteiger partial charge in [0.15, 0.2) is 17.2 Å². The first kappa shape index (κ1) is 21.5. The number of nitrogens with zero attached hydrogens (tertiary/aromatic N) is 6. The summed E-state index contributed by atoms with van der Waals surface area (Å²) in [6, 6.07) is 3.38. The number of carbonyl (C=O) groups excluding carboxylic acids is 1. The minimum Gasteiger partial charge on any atom is -0.493 e. The third-order valence-electron chi connectivity index (χ3n) is 4.23. The van der Waals surface area contributed by atoms with E-state index < -0.39 is 5.91 Å². The van der Waals surface area contributed by atoms with E-state index in [0.29, 0.717) is 28.5 Å². The number of ether oxygens (including phenoxy) is 3. The molecule has 0 radical (unpaired) electrons. The molecule has 1 amide bonds. The first-order valence-electron chi connectivity index (χ1n) is 9.08. The van der Waals surface area contributed by atoms with E-state index in [1.165, 1.54) is 32.2 Å². The average molecular weight is 430 g/mol. The van der Waals surface area contributed by atoms with Gasteiger partial charge in [0.05, 0.1) is 33.2 Å². The molecule has 0 spiro atoms. The number of amides is 1. The molecule has 0 unspecified atom stereocenters. The molecule has 3 N–H and O–H groups in total. The zero-order chi connectivity index (χ0) is 22.5. The van der Waals surface area contributed by atoms with E-state index in [4.69, 9.17) is 19.9 Å². The van der Waals surface area contributed by atoms with Crippen molar-refractivity contribution in [2.24, 2.45) is 5.10 Å². The van der Waals surface area contributed by atoms with Crippen molar-refractivity contribution < 1.29 is 23.6 Å². The van der Waals surface area contributed by atoms with E-state index in [-0.39, 0.29) is 23.2 Å². The molecule has 3 rings (SSSR count).